The van der Waals surface area contributed by atoms with Crippen molar-refractivity contribution >= 4 is 11.9 Å². The molecule has 1 aromatic rings. The highest BCUT2D eigenvalue weighted by atomic mass is 16.3. The first kappa shape index (κ1) is 15.4. The minimum absolute atomic E-state index is 0.0251. The van der Waals surface area contributed by atoms with Gasteiger partial charge in [0.1, 0.15) is 0 Å². The third-order valence-corrected chi connectivity index (χ3v) is 4.00. The van der Waals surface area contributed by atoms with Crippen LogP contribution in [0.25, 0.3) is 0 Å². The number of aromatic nitrogens is 1. The Hall–Kier alpha value is -2.02. The molecule has 0 radical (unpaired) electrons. The number of aliphatic hydroxyl groups excluding tert-OH is 1. The Balaban J connectivity index is 2.48. The lowest BCUT2D eigenvalue weighted by Crippen LogP contribution is -2.46. The molecule has 0 bridgehead atoms. The summed E-state index contributed by atoms with van der Waals surface area (Å²) in [6.45, 7) is 4.82. The van der Waals surface area contributed by atoms with Gasteiger partial charge in [0.25, 0.3) is 5.91 Å². The van der Waals surface area contributed by atoms with E-state index in [2.05, 4.69) is 0 Å². The lowest BCUT2D eigenvalue weighted by molar-refractivity contribution is 0.0896. The highest BCUT2D eigenvalue weighted by Crippen LogP contribution is 2.37. The number of primary amides is 2. The van der Waals surface area contributed by atoms with Crippen molar-refractivity contribution in [3.05, 3.63) is 23.5 Å². The number of rotatable bonds is 4. The third-order valence-electron chi connectivity index (χ3n) is 4.00. The second-order valence-electron chi connectivity index (χ2n) is 6.25. The summed E-state index contributed by atoms with van der Waals surface area (Å²) >= 11 is 0. The smallest absolute Gasteiger partial charge is 0.315 e. The van der Waals surface area contributed by atoms with Crippen LogP contribution in [0.2, 0.25) is 0 Å². The van der Waals surface area contributed by atoms with Crippen LogP contribution in [-0.2, 0) is 6.54 Å². The Morgan fingerprint density at radius 2 is 2.05 bits per heavy atom. The minimum Gasteiger partial charge on any atom is -0.396 e. The molecule has 21 heavy (non-hydrogen) atoms. The van der Waals surface area contributed by atoms with Crippen LogP contribution in [0.4, 0.5) is 4.79 Å². The Labute approximate surface area is 123 Å². The van der Waals surface area contributed by atoms with E-state index in [1.165, 1.54) is 0 Å². The Bertz CT molecular complexity index is 565. The summed E-state index contributed by atoms with van der Waals surface area (Å²) in [6, 6.07) is 0.772. The van der Waals surface area contributed by atoms with Crippen molar-refractivity contribution < 1.29 is 14.7 Å². The van der Waals surface area contributed by atoms with E-state index in [0.717, 1.165) is 0 Å². The fraction of sp³-hybridized carbons (Fsp3) is 0.571. The van der Waals surface area contributed by atoms with Gasteiger partial charge >= 0.3 is 6.03 Å². The summed E-state index contributed by atoms with van der Waals surface area (Å²) < 4.78 is 1.93. The van der Waals surface area contributed by atoms with Crippen LogP contribution in [0, 0.1) is 5.41 Å². The van der Waals surface area contributed by atoms with Crippen molar-refractivity contribution in [3.63, 3.8) is 0 Å². The highest BCUT2D eigenvalue weighted by molar-refractivity contribution is 5.94. The normalized spacial score (nSPS) is 18.4. The molecule has 0 fully saturated rings. The van der Waals surface area contributed by atoms with Gasteiger partial charge in [0.2, 0.25) is 0 Å². The van der Waals surface area contributed by atoms with Gasteiger partial charge in [0.15, 0.2) is 0 Å². The minimum atomic E-state index is -0.531. The molecule has 7 nitrogen and oxygen atoms in total. The molecule has 1 aliphatic heterocycles. The van der Waals surface area contributed by atoms with Crippen molar-refractivity contribution in [2.24, 2.45) is 16.9 Å². The van der Waals surface area contributed by atoms with Gasteiger partial charge in [-0.25, -0.2) is 4.79 Å². The molecule has 0 aromatic carbocycles. The Kier molecular flexibility index (Phi) is 3.95. The van der Waals surface area contributed by atoms with Crippen LogP contribution in [0.15, 0.2) is 12.3 Å². The van der Waals surface area contributed by atoms with E-state index in [1.807, 2.05) is 18.4 Å². The summed E-state index contributed by atoms with van der Waals surface area (Å²) in [4.78, 5) is 24.9. The number of fused-ring (bicyclic) bond motifs is 1. The van der Waals surface area contributed by atoms with Crippen LogP contribution in [-0.4, -0.2) is 39.7 Å². The largest absolute Gasteiger partial charge is 0.396 e. The average Bonchev–Trinajstić information content (AvgIpc) is 2.82. The number of carbonyl (C=O) groups is 2. The molecule has 1 atom stereocenters. The molecule has 116 valence electrons. The van der Waals surface area contributed by atoms with Gasteiger partial charge in [-0.3, -0.25) is 4.79 Å². The maximum absolute atomic E-state index is 11.7. The summed E-state index contributed by atoms with van der Waals surface area (Å²) in [5.41, 5.74) is 11.6. The second kappa shape index (κ2) is 5.40. The Morgan fingerprint density at radius 3 is 2.57 bits per heavy atom. The predicted molar refractivity (Wildman–Crippen MR) is 77.5 cm³/mol. The fourth-order valence-corrected chi connectivity index (χ4v) is 2.84. The number of amides is 3. The molecule has 1 aliphatic rings. The molecule has 5 N–H and O–H groups in total. The molecule has 1 unspecified atom stereocenters. The maximum Gasteiger partial charge on any atom is 0.315 e. The van der Waals surface area contributed by atoms with Crippen molar-refractivity contribution in [1.82, 2.24) is 9.47 Å². The summed E-state index contributed by atoms with van der Waals surface area (Å²) in [5.74, 6) is -0.526. The molecule has 7 heteroatoms. The van der Waals surface area contributed by atoms with Crippen molar-refractivity contribution in [1.29, 1.82) is 0 Å². The van der Waals surface area contributed by atoms with Crippen LogP contribution in [0.1, 0.15) is 42.4 Å². The first-order valence-electron chi connectivity index (χ1n) is 6.92. The highest BCUT2D eigenvalue weighted by Gasteiger charge is 2.36. The number of hydrogen-bond acceptors (Lipinski definition) is 3. The molecule has 0 saturated heterocycles. The molecule has 0 aliphatic carbocycles. The lowest BCUT2D eigenvalue weighted by Gasteiger charge is -2.40. The zero-order valence-electron chi connectivity index (χ0n) is 12.4. The van der Waals surface area contributed by atoms with Crippen LogP contribution >= 0.6 is 0 Å². The molecule has 0 saturated carbocycles. The number of aliphatic hydroxyl groups is 1. The number of nitrogens with two attached hydrogens (primary N) is 2. The molecule has 3 amide bonds. The topological polar surface area (TPSA) is 115 Å². The zero-order chi connectivity index (χ0) is 15.8. The lowest BCUT2D eigenvalue weighted by atomic mass is 9.83. The van der Waals surface area contributed by atoms with Gasteiger partial charge < -0.3 is 26.0 Å². The third kappa shape index (κ3) is 2.87. The van der Waals surface area contributed by atoms with Crippen molar-refractivity contribution in [3.8, 4) is 0 Å². The number of hydrogen-bond donors (Lipinski definition) is 3. The van der Waals surface area contributed by atoms with Gasteiger partial charge in [-0.1, -0.05) is 13.8 Å². The monoisotopic (exact) mass is 294 g/mol. The van der Waals surface area contributed by atoms with Crippen LogP contribution < -0.4 is 11.5 Å². The van der Waals surface area contributed by atoms with Gasteiger partial charge in [-0.15, -0.1) is 0 Å². The van der Waals surface area contributed by atoms with E-state index in [4.69, 9.17) is 11.5 Å². The Morgan fingerprint density at radius 1 is 1.38 bits per heavy atom. The molecule has 2 heterocycles. The molecular formula is C14H22N4O3. The standard InChI is InChI=1S/C14H22N4O3/c1-14(2,8-19)7-10-11-9(12(15)20)3-4-17(11)5-6-18(10)13(16)21/h3-4,10,19H,5-8H2,1-2H3,(H2,15,20)(H2,16,21). The van der Waals surface area contributed by atoms with E-state index in [0.29, 0.717) is 30.8 Å². The molecular weight excluding hydrogens is 272 g/mol. The van der Waals surface area contributed by atoms with Crippen molar-refractivity contribution in [2.45, 2.75) is 32.9 Å². The van der Waals surface area contributed by atoms with Gasteiger partial charge in [0.05, 0.1) is 17.3 Å². The average molecular weight is 294 g/mol. The second-order valence-corrected chi connectivity index (χ2v) is 6.25. The van der Waals surface area contributed by atoms with Gasteiger partial charge in [-0.2, -0.15) is 0 Å². The van der Waals surface area contributed by atoms with E-state index in [-0.39, 0.29) is 12.6 Å². The van der Waals surface area contributed by atoms with E-state index in [1.54, 1.807) is 17.2 Å². The molecule has 0 spiro atoms. The zero-order valence-corrected chi connectivity index (χ0v) is 12.4. The fourth-order valence-electron chi connectivity index (χ4n) is 2.84. The number of nitrogens with zero attached hydrogens (tertiary/aromatic N) is 2. The molecule has 1 aromatic heterocycles. The summed E-state index contributed by atoms with van der Waals surface area (Å²) in [6.07, 6.45) is 2.30. The van der Waals surface area contributed by atoms with E-state index < -0.39 is 17.4 Å². The van der Waals surface area contributed by atoms with Crippen molar-refractivity contribution in [2.75, 3.05) is 13.2 Å². The van der Waals surface area contributed by atoms with Crippen LogP contribution in [0.5, 0.6) is 0 Å². The quantitative estimate of drug-likeness (QED) is 0.748. The summed E-state index contributed by atoms with van der Waals surface area (Å²) in [5, 5.41) is 9.49. The number of carbonyl (C=O) groups excluding carboxylic acids is 2. The SMILES string of the molecule is CC(C)(CO)CC1c2c(C(N)=O)ccn2CCN1C(N)=O. The van der Waals surface area contributed by atoms with E-state index >= 15 is 0 Å². The molecule has 2 rings (SSSR count). The first-order chi connectivity index (χ1) is 9.76. The predicted octanol–water partition coefficient (Wildman–Crippen LogP) is 0.431. The maximum atomic E-state index is 11.7. The first-order valence-corrected chi connectivity index (χ1v) is 6.92. The van der Waals surface area contributed by atoms with Gasteiger partial charge in [0, 0.05) is 25.9 Å². The van der Waals surface area contributed by atoms with Crippen LogP contribution in [0.3, 0.4) is 0 Å². The van der Waals surface area contributed by atoms with E-state index in [9.17, 15) is 14.7 Å². The number of urea groups is 1. The summed E-state index contributed by atoms with van der Waals surface area (Å²) in [7, 11) is 0. The van der Waals surface area contributed by atoms with Gasteiger partial charge in [-0.05, 0) is 17.9 Å².